The van der Waals surface area contributed by atoms with E-state index in [1.165, 1.54) is 6.20 Å². The van der Waals surface area contributed by atoms with Crippen LogP contribution < -0.4 is 10.6 Å². The molecule has 2 aromatic heterocycles. The summed E-state index contributed by atoms with van der Waals surface area (Å²) in [6.07, 6.45) is 1.47. The van der Waals surface area contributed by atoms with Gasteiger partial charge in [0.2, 0.25) is 5.91 Å². The first kappa shape index (κ1) is 15.8. The van der Waals surface area contributed by atoms with Gasteiger partial charge in [-0.3, -0.25) is 9.69 Å². The van der Waals surface area contributed by atoms with Crippen LogP contribution in [0.5, 0.6) is 0 Å². The summed E-state index contributed by atoms with van der Waals surface area (Å²) in [7, 11) is 0. The fourth-order valence-corrected chi connectivity index (χ4v) is 2.91. The van der Waals surface area contributed by atoms with Gasteiger partial charge in [-0.1, -0.05) is 16.8 Å². The van der Waals surface area contributed by atoms with Crippen molar-refractivity contribution in [2.75, 3.05) is 31.1 Å². The highest BCUT2D eigenvalue weighted by atomic mass is 35.5. The Bertz CT molecular complexity index is 710. The Labute approximate surface area is 139 Å². The molecule has 7 nitrogen and oxygen atoms in total. The topological polar surface area (TPSA) is 88.5 Å². The van der Waals surface area contributed by atoms with Gasteiger partial charge in [0.15, 0.2) is 5.76 Å². The zero-order valence-corrected chi connectivity index (χ0v) is 13.6. The Morgan fingerprint density at radius 1 is 1.35 bits per heavy atom. The first-order chi connectivity index (χ1) is 11.0. The zero-order valence-electron chi connectivity index (χ0n) is 12.8. The Kier molecular flexibility index (Phi) is 4.49. The van der Waals surface area contributed by atoms with E-state index in [-0.39, 0.29) is 0 Å². The summed E-state index contributed by atoms with van der Waals surface area (Å²) >= 11 is 6.23. The highest BCUT2D eigenvalue weighted by molar-refractivity contribution is 6.33. The van der Waals surface area contributed by atoms with Crippen molar-refractivity contribution in [2.45, 2.75) is 13.5 Å². The average molecular weight is 336 g/mol. The number of aryl methyl sites for hydroxylation is 1. The van der Waals surface area contributed by atoms with Gasteiger partial charge in [0, 0.05) is 38.4 Å². The van der Waals surface area contributed by atoms with Crippen molar-refractivity contribution in [1.29, 1.82) is 0 Å². The fraction of sp³-hybridized carbons (Fsp3) is 0.400. The summed E-state index contributed by atoms with van der Waals surface area (Å²) in [5.41, 5.74) is 6.44. The summed E-state index contributed by atoms with van der Waals surface area (Å²) in [5, 5.41) is 4.35. The van der Waals surface area contributed by atoms with Crippen molar-refractivity contribution in [3.05, 3.63) is 40.4 Å². The molecule has 3 heterocycles. The van der Waals surface area contributed by atoms with Gasteiger partial charge in [0.25, 0.3) is 0 Å². The smallest absolute Gasteiger partial charge is 0.250 e. The number of hydrogen-bond acceptors (Lipinski definition) is 6. The van der Waals surface area contributed by atoms with Crippen LogP contribution in [0.2, 0.25) is 5.02 Å². The largest absolute Gasteiger partial charge is 0.366 e. The van der Waals surface area contributed by atoms with Crippen LogP contribution in [-0.4, -0.2) is 47.1 Å². The van der Waals surface area contributed by atoms with Crippen LogP contribution >= 0.6 is 11.6 Å². The number of amides is 1. The van der Waals surface area contributed by atoms with Crippen molar-refractivity contribution in [3.63, 3.8) is 0 Å². The maximum absolute atomic E-state index is 11.1. The minimum Gasteiger partial charge on any atom is -0.366 e. The number of carbonyl (C=O) groups excluding carboxylic acids is 1. The third-order valence-corrected chi connectivity index (χ3v) is 4.11. The van der Waals surface area contributed by atoms with Crippen molar-refractivity contribution in [2.24, 2.45) is 5.73 Å². The zero-order chi connectivity index (χ0) is 16.4. The molecule has 23 heavy (non-hydrogen) atoms. The molecule has 2 aromatic rings. The third-order valence-electron chi connectivity index (χ3n) is 3.83. The molecule has 1 aliphatic heterocycles. The lowest BCUT2D eigenvalue weighted by Crippen LogP contribution is -2.46. The average Bonchev–Trinajstić information content (AvgIpc) is 2.93. The van der Waals surface area contributed by atoms with E-state index in [0.29, 0.717) is 16.4 Å². The van der Waals surface area contributed by atoms with Crippen LogP contribution in [0.1, 0.15) is 21.8 Å². The monoisotopic (exact) mass is 335 g/mol. The Hall–Kier alpha value is -2.12. The van der Waals surface area contributed by atoms with E-state index in [2.05, 4.69) is 19.9 Å². The maximum atomic E-state index is 11.1. The summed E-state index contributed by atoms with van der Waals surface area (Å²) in [6.45, 7) is 6.00. The van der Waals surface area contributed by atoms with Crippen LogP contribution in [0.4, 0.5) is 5.82 Å². The molecular formula is C15H18ClN5O2. The second-order valence-corrected chi connectivity index (χ2v) is 6.00. The minimum atomic E-state index is -0.530. The van der Waals surface area contributed by atoms with Gasteiger partial charge in [0.1, 0.15) is 5.82 Å². The number of hydrogen-bond donors (Lipinski definition) is 1. The summed E-state index contributed by atoms with van der Waals surface area (Å²) in [5.74, 6) is 1.03. The number of nitrogens with zero attached hydrogens (tertiary/aromatic N) is 4. The predicted molar refractivity (Wildman–Crippen MR) is 86.5 cm³/mol. The number of pyridine rings is 1. The van der Waals surface area contributed by atoms with E-state index in [1.54, 1.807) is 6.07 Å². The molecule has 3 rings (SSSR count). The van der Waals surface area contributed by atoms with Crippen LogP contribution in [0, 0.1) is 6.92 Å². The number of nitrogens with two attached hydrogens (primary N) is 1. The Morgan fingerprint density at radius 2 is 2.09 bits per heavy atom. The van der Waals surface area contributed by atoms with Crippen molar-refractivity contribution >= 4 is 23.3 Å². The van der Waals surface area contributed by atoms with Crippen molar-refractivity contribution < 1.29 is 9.32 Å². The molecule has 0 unspecified atom stereocenters. The molecular weight excluding hydrogens is 318 g/mol. The van der Waals surface area contributed by atoms with Gasteiger partial charge in [0.05, 0.1) is 22.8 Å². The Morgan fingerprint density at radius 3 is 2.65 bits per heavy atom. The first-order valence-corrected chi connectivity index (χ1v) is 7.75. The fourth-order valence-electron chi connectivity index (χ4n) is 2.63. The molecule has 122 valence electrons. The van der Waals surface area contributed by atoms with Crippen LogP contribution in [0.3, 0.4) is 0 Å². The van der Waals surface area contributed by atoms with E-state index in [9.17, 15) is 4.79 Å². The maximum Gasteiger partial charge on any atom is 0.250 e. The molecule has 0 radical (unpaired) electrons. The van der Waals surface area contributed by atoms with E-state index in [4.69, 9.17) is 21.9 Å². The van der Waals surface area contributed by atoms with Gasteiger partial charge < -0.3 is 15.2 Å². The molecule has 8 heteroatoms. The van der Waals surface area contributed by atoms with Crippen molar-refractivity contribution in [3.8, 4) is 0 Å². The molecule has 2 N–H and O–H groups in total. The summed E-state index contributed by atoms with van der Waals surface area (Å²) < 4.78 is 5.25. The molecule has 0 aliphatic carbocycles. The van der Waals surface area contributed by atoms with E-state index < -0.39 is 5.91 Å². The highest BCUT2D eigenvalue weighted by Gasteiger charge is 2.21. The van der Waals surface area contributed by atoms with Gasteiger partial charge in [-0.05, 0) is 13.0 Å². The number of carbonyl (C=O) groups is 1. The lowest BCUT2D eigenvalue weighted by atomic mass is 10.2. The first-order valence-electron chi connectivity index (χ1n) is 7.38. The van der Waals surface area contributed by atoms with Gasteiger partial charge in [-0.25, -0.2) is 4.98 Å². The third kappa shape index (κ3) is 3.62. The second-order valence-electron chi connectivity index (χ2n) is 5.59. The van der Waals surface area contributed by atoms with Crippen LogP contribution in [-0.2, 0) is 6.54 Å². The molecule has 1 amide bonds. The van der Waals surface area contributed by atoms with Gasteiger partial charge in [-0.15, -0.1) is 0 Å². The van der Waals surface area contributed by atoms with E-state index in [1.807, 2.05) is 13.0 Å². The van der Waals surface area contributed by atoms with Crippen molar-refractivity contribution in [1.82, 2.24) is 15.0 Å². The van der Waals surface area contributed by atoms with E-state index in [0.717, 1.165) is 44.2 Å². The minimum absolute atomic E-state index is 0.318. The molecule has 0 atom stereocenters. The number of aromatic nitrogens is 2. The molecule has 0 bridgehead atoms. The number of anilines is 1. The number of piperazine rings is 1. The van der Waals surface area contributed by atoms with Gasteiger partial charge in [-0.2, -0.15) is 0 Å². The number of halogens is 1. The standard InChI is InChI=1S/C15H18ClN5O2/c1-10-6-12(23-19-10)9-20-2-4-21(5-3-20)15-13(16)7-11(8-18-15)14(17)22/h6-8H,2-5,9H2,1H3,(H2,17,22). The summed E-state index contributed by atoms with van der Waals surface area (Å²) in [4.78, 5) is 19.8. The van der Waals surface area contributed by atoms with E-state index >= 15 is 0 Å². The summed E-state index contributed by atoms with van der Waals surface area (Å²) in [6, 6.07) is 3.52. The van der Waals surface area contributed by atoms with Crippen LogP contribution in [0.25, 0.3) is 0 Å². The predicted octanol–water partition coefficient (Wildman–Crippen LogP) is 1.45. The number of primary amides is 1. The normalized spacial score (nSPS) is 15.8. The molecule has 0 aromatic carbocycles. The Balaban J connectivity index is 1.61. The molecule has 0 saturated carbocycles. The SMILES string of the molecule is Cc1cc(CN2CCN(c3ncc(C(N)=O)cc3Cl)CC2)on1. The quantitative estimate of drug-likeness (QED) is 0.909. The number of rotatable bonds is 4. The molecule has 1 fully saturated rings. The van der Waals surface area contributed by atoms with Crippen LogP contribution in [0.15, 0.2) is 22.9 Å². The van der Waals surface area contributed by atoms with Gasteiger partial charge >= 0.3 is 0 Å². The molecule has 0 spiro atoms. The molecule has 1 saturated heterocycles. The highest BCUT2D eigenvalue weighted by Crippen LogP contribution is 2.25. The molecule has 1 aliphatic rings. The second kappa shape index (κ2) is 6.55. The lowest BCUT2D eigenvalue weighted by Gasteiger charge is -2.35. The lowest BCUT2D eigenvalue weighted by molar-refractivity contribution is 0.1000.